The van der Waals surface area contributed by atoms with Gasteiger partial charge in [0.2, 0.25) is 6.17 Å². The Balaban J connectivity index is 1.74. The van der Waals surface area contributed by atoms with E-state index in [1.165, 1.54) is 24.8 Å². The van der Waals surface area contributed by atoms with Crippen molar-refractivity contribution in [2.75, 3.05) is 26.4 Å². The van der Waals surface area contributed by atoms with E-state index >= 15 is 0 Å². The predicted octanol–water partition coefficient (Wildman–Crippen LogP) is 1.37. The number of sulfone groups is 1. The Hall–Kier alpha value is -1.24. The molecule has 3 rings (SSSR count). The van der Waals surface area contributed by atoms with Gasteiger partial charge in [0.25, 0.3) is 0 Å². The van der Waals surface area contributed by atoms with Gasteiger partial charge >= 0.3 is 0 Å². The molecular formula is C18H28N3O2S+. The second-order valence-corrected chi connectivity index (χ2v) is 8.98. The molecule has 1 saturated heterocycles. The minimum atomic E-state index is -3.13. The summed E-state index contributed by atoms with van der Waals surface area (Å²) >= 11 is 0. The lowest BCUT2D eigenvalue weighted by molar-refractivity contribution is -0.550. The van der Waals surface area contributed by atoms with Gasteiger partial charge in [-0.1, -0.05) is 0 Å². The third kappa shape index (κ3) is 4.05. The van der Waals surface area contributed by atoms with Crippen LogP contribution >= 0.6 is 0 Å². The molecule has 5 nitrogen and oxygen atoms in total. The zero-order chi connectivity index (χ0) is 17.2. The van der Waals surface area contributed by atoms with Crippen LogP contribution in [0.15, 0.2) is 29.2 Å². The van der Waals surface area contributed by atoms with E-state index in [9.17, 15) is 8.42 Å². The first kappa shape index (κ1) is 17.6. The highest BCUT2D eigenvalue weighted by Crippen LogP contribution is 2.18. The van der Waals surface area contributed by atoms with Gasteiger partial charge in [-0.15, -0.1) is 0 Å². The highest BCUT2D eigenvalue weighted by molar-refractivity contribution is 7.90. The lowest BCUT2D eigenvalue weighted by Crippen LogP contribution is -2.47. The number of benzene rings is 1. The molecule has 24 heavy (non-hydrogen) atoms. The maximum Gasteiger partial charge on any atom is 0.206 e. The molecular weight excluding hydrogens is 322 g/mol. The van der Waals surface area contributed by atoms with Crippen LogP contribution in [0.25, 0.3) is 0 Å². The number of hydrogen-bond acceptors (Lipinski definition) is 4. The van der Waals surface area contributed by atoms with E-state index < -0.39 is 9.84 Å². The zero-order valence-electron chi connectivity index (χ0n) is 14.6. The van der Waals surface area contributed by atoms with Crippen molar-refractivity contribution >= 4 is 15.5 Å². The molecule has 0 bridgehead atoms. The molecule has 0 saturated carbocycles. The van der Waals surface area contributed by atoms with Crippen LogP contribution < -0.4 is 10.6 Å². The monoisotopic (exact) mass is 350 g/mol. The van der Waals surface area contributed by atoms with E-state index in [1.54, 1.807) is 12.1 Å². The van der Waals surface area contributed by atoms with Gasteiger partial charge in [-0.3, -0.25) is 5.32 Å². The largest absolute Gasteiger partial charge is 0.313 e. The molecule has 6 heteroatoms. The van der Waals surface area contributed by atoms with Gasteiger partial charge in [0.15, 0.2) is 15.5 Å². The van der Waals surface area contributed by atoms with Gasteiger partial charge < -0.3 is 5.32 Å². The molecule has 2 N–H and O–H groups in total. The quantitative estimate of drug-likeness (QED) is 0.788. The average molecular weight is 351 g/mol. The highest BCUT2D eigenvalue weighted by Gasteiger charge is 2.28. The van der Waals surface area contributed by atoms with E-state index in [0.717, 1.165) is 37.9 Å². The van der Waals surface area contributed by atoms with Crippen LogP contribution in [0, 0.1) is 0 Å². The molecule has 0 aromatic heterocycles. The summed E-state index contributed by atoms with van der Waals surface area (Å²) in [5.41, 5.74) is 2.41. The van der Waals surface area contributed by atoms with Crippen molar-refractivity contribution < 1.29 is 13.0 Å². The fourth-order valence-corrected chi connectivity index (χ4v) is 4.34. The van der Waals surface area contributed by atoms with Gasteiger partial charge in [-0.25, -0.2) is 13.0 Å². The van der Waals surface area contributed by atoms with Gasteiger partial charge in [-0.05, 0) is 50.1 Å². The van der Waals surface area contributed by atoms with E-state index in [1.807, 2.05) is 12.1 Å². The summed E-state index contributed by atoms with van der Waals surface area (Å²) in [6.45, 7) is 2.15. The second-order valence-electron chi connectivity index (χ2n) is 6.96. The molecule has 1 fully saturated rings. The normalized spacial score (nSPS) is 25.2. The molecule has 2 heterocycles. The molecule has 1 aromatic rings. The highest BCUT2D eigenvalue weighted by atomic mass is 32.2. The van der Waals surface area contributed by atoms with E-state index in [2.05, 4.69) is 22.3 Å². The molecule has 2 unspecified atom stereocenters. The first-order chi connectivity index (χ1) is 11.4. The summed E-state index contributed by atoms with van der Waals surface area (Å²) < 4.78 is 25.6. The van der Waals surface area contributed by atoms with Gasteiger partial charge in [0, 0.05) is 37.2 Å². The van der Waals surface area contributed by atoms with Crippen LogP contribution in [0.5, 0.6) is 0 Å². The van der Waals surface area contributed by atoms with Crippen LogP contribution in [0.4, 0.5) is 0 Å². The van der Waals surface area contributed by atoms with Crippen molar-refractivity contribution in [1.82, 2.24) is 10.6 Å². The maximum atomic E-state index is 11.6. The molecule has 1 aromatic carbocycles. The Morgan fingerprint density at radius 2 is 1.96 bits per heavy atom. The number of nitrogens with zero attached hydrogens (tertiary/aromatic N) is 1. The summed E-state index contributed by atoms with van der Waals surface area (Å²) in [5.74, 6) is 0. The summed E-state index contributed by atoms with van der Waals surface area (Å²) in [6, 6.07) is 7.89. The molecule has 2 atom stereocenters. The van der Waals surface area contributed by atoms with E-state index in [-0.39, 0.29) is 0 Å². The van der Waals surface area contributed by atoms with Crippen molar-refractivity contribution in [2.45, 2.75) is 49.2 Å². The van der Waals surface area contributed by atoms with Crippen LogP contribution in [-0.2, 0) is 9.84 Å². The van der Waals surface area contributed by atoms with Crippen LogP contribution in [-0.4, -0.2) is 57.3 Å². The smallest absolute Gasteiger partial charge is 0.206 e. The summed E-state index contributed by atoms with van der Waals surface area (Å²) in [7, 11) is -0.997. The topological polar surface area (TPSA) is 61.2 Å². The van der Waals surface area contributed by atoms with Crippen molar-refractivity contribution in [3.05, 3.63) is 29.8 Å². The second kappa shape index (κ2) is 7.33. The molecule has 0 amide bonds. The average Bonchev–Trinajstić information content (AvgIpc) is 3.07. The third-order valence-electron chi connectivity index (χ3n) is 5.16. The molecule has 2 aliphatic rings. The van der Waals surface area contributed by atoms with Crippen LogP contribution in [0.3, 0.4) is 0 Å². The Kier molecular flexibility index (Phi) is 5.37. The molecule has 0 spiro atoms. The van der Waals surface area contributed by atoms with Crippen LogP contribution in [0.2, 0.25) is 0 Å². The minimum Gasteiger partial charge on any atom is -0.313 e. The molecule has 132 valence electrons. The zero-order valence-corrected chi connectivity index (χ0v) is 15.4. The summed E-state index contributed by atoms with van der Waals surface area (Å²) in [5, 5.41) is 7.22. The Morgan fingerprint density at radius 1 is 1.21 bits per heavy atom. The Labute approximate surface area is 145 Å². The van der Waals surface area contributed by atoms with Crippen molar-refractivity contribution in [3.63, 3.8) is 0 Å². The Bertz CT molecular complexity index is 704. The summed E-state index contributed by atoms with van der Waals surface area (Å²) in [4.78, 5) is 0.382. The van der Waals surface area contributed by atoms with Crippen LogP contribution in [0.1, 0.15) is 37.7 Å². The summed E-state index contributed by atoms with van der Waals surface area (Å²) in [6.07, 6.45) is 7.47. The van der Waals surface area contributed by atoms with Crippen molar-refractivity contribution in [1.29, 1.82) is 0 Å². The standard InChI is InChI=1S/C18H28N3O2S/c1-21-17(14-8-10-16(11-9-14)24(2,22)23)6-3-7-18(21)20-13-15-5-4-12-19-15/h8-11,15,18-20H,3-7,12-13H2,1-2H3/q+1. The predicted molar refractivity (Wildman–Crippen MR) is 96.5 cm³/mol. The molecule has 0 aliphatic carbocycles. The maximum absolute atomic E-state index is 11.6. The van der Waals surface area contributed by atoms with Gasteiger partial charge in [0.1, 0.15) is 7.05 Å². The number of nitrogens with one attached hydrogen (secondary N) is 2. The minimum absolute atomic E-state index is 0.353. The SMILES string of the molecule is C[N+]1=C(c2ccc(S(C)(=O)=O)cc2)CCCC1NCC1CCCN1. The molecule has 2 aliphatic heterocycles. The fraction of sp³-hybridized carbons (Fsp3) is 0.611. The van der Waals surface area contributed by atoms with Crippen molar-refractivity contribution in [3.8, 4) is 0 Å². The van der Waals surface area contributed by atoms with Crippen molar-refractivity contribution in [2.24, 2.45) is 0 Å². The van der Waals surface area contributed by atoms with Gasteiger partial charge in [-0.2, -0.15) is 0 Å². The Morgan fingerprint density at radius 3 is 2.58 bits per heavy atom. The van der Waals surface area contributed by atoms with E-state index in [0.29, 0.717) is 17.1 Å². The van der Waals surface area contributed by atoms with Gasteiger partial charge in [0.05, 0.1) is 4.90 Å². The first-order valence-corrected chi connectivity index (χ1v) is 10.7. The molecule has 0 radical (unpaired) electrons. The fourth-order valence-electron chi connectivity index (χ4n) is 3.71. The first-order valence-electron chi connectivity index (χ1n) is 8.81. The number of hydrogen-bond donors (Lipinski definition) is 2. The lowest BCUT2D eigenvalue weighted by atomic mass is 9.99. The van der Waals surface area contributed by atoms with E-state index in [4.69, 9.17) is 0 Å². The third-order valence-corrected chi connectivity index (χ3v) is 6.29. The lowest BCUT2D eigenvalue weighted by Gasteiger charge is -2.23. The number of rotatable bonds is 5.